The first-order chi connectivity index (χ1) is 10.0. The fourth-order valence-electron chi connectivity index (χ4n) is 1.95. The van der Waals surface area contributed by atoms with Crippen molar-refractivity contribution in [1.82, 2.24) is 0 Å². The van der Waals surface area contributed by atoms with Crippen LogP contribution in [0.2, 0.25) is 5.02 Å². The van der Waals surface area contributed by atoms with E-state index in [0.29, 0.717) is 22.6 Å². The highest BCUT2D eigenvalue weighted by Crippen LogP contribution is 2.28. The lowest BCUT2D eigenvalue weighted by Gasteiger charge is -2.09. The smallest absolute Gasteiger partial charge is 0.167 e. The average Bonchev–Trinajstić information content (AvgIpc) is 2.50. The van der Waals surface area contributed by atoms with E-state index in [0.717, 1.165) is 0 Å². The molecule has 0 radical (unpaired) electrons. The molecule has 0 N–H and O–H groups in total. The molecule has 0 aliphatic heterocycles. The van der Waals surface area contributed by atoms with Crippen molar-refractivity contribution >= 4 is 17.4 Å². The van der Waals surface area contributed by atoms with Gasteiger partial charge in [0.25, 0.3) is 0 Å². The molecule has 0 unspecified atom stereocenters. The summed E-state index contributed by atoms with van der Waals surface area (Å²) >= 11 is 5.71. The largest absolute Gasteiger partial charge is 0.493 e. The number of carbonyl (C=O) groups is 1. The van der Waals surface area contributed by atoms with E-state index in [1.54, 1.807) is 24.3 Å². The van der Waals surface area contributed by atoms with Gasteiger partial charge in [0.1, 0.15) is 5.82 Å². The molecule has 110 valence electrons. The Bertz CT molecular complexity index is 671. The highest BCUT2D eigenvalue weighted by molar-refractivity contribution is 6.30. The second-order valence-corrected chi connectivity index (χ2v) is 4.83. The molecule has 5 heteroatoms. The summed E-state index contributed by atoms with van der Waals surface area (Å²) in [5.74, 6) is 0.428. The van der Waals surface area contributed by atoms with Gasteiger partial charge in [0.05, 0.1) is 19.2 Å². The molecule has 0 saturated heterocycles. The van der Waals surface area contributed by atoms with Crippen LogP contribution in [0.4, 0.5) is 4.39 Å². The molecule has 0 fully saturated rings. The number of methoxy groups -OCH3 is 2. The molecule has 0 aliphatic carbocycles. The highest BCUT2D eigenvalue weighted by Gasteiger charge is 2.12. The normalized spacial score (nSPS) is 10.3. The maximum Gasteiger partial charge on any atom is 0.167 e. The van der Waals surface area contributed by atoms with Crippen LogP contribution in [0, 0.1) is 5.82 Å². The minimum atomic E-state index is -0.501. The third-order valence-electron chi connectivity index (χ3n) is 3.05. The first kappa shape index (κ1) is 15.3. The van der Waals surface area contributed by atoms with Gasteiger partial charge in [-0.25, -0.2) is 4.39 Å². The Morgan fingerprint density at radius 1 is 1.10 bits per heavy atom. The summed E-state index contributed by atoms with van der Waals surface area (Å²) in [6.07, 6.45) is 0.134. The van der Waals surface area contributed by atoms with Crippen LogP contribution in [0.3, 0.4) is 0 Å². The molecular formula is C16H14ClFO3. The summed E-state index contributed by atoms with van der Waals surface area (Å²) in [5.41, 5.74) is 1.15. The second-order valence-electron chi connectivity index (χ2n) is 4.42. The quantitative estimate of drug-likeness (QED) is 0.785. The molecule has 0 amide bonds. The van der Waals surface area contributed by atoms with Crippen molar-refractivity contribution in [3.05, 3.63) is 58.4 Å². The minimum absolute atomic E-state index is 0.00705. The van der Waals surface area contributed by atoms with Crippen molar-refractivity contribution in [2.45, 2.75) is 6.42 Å². The molecule has 0 atom stereocenters. The molecule has 3 nitrogen and oxygen atoms in total. The Labute approximate surface area is 127 Å². The van der Waals surface area contributed by atoms with Gasteiger partial charge >= 0.3 is 0 Å². The van der Waals surface area contributed by atoms with Crippen molar-refractivity contribution in [2.75, 3.05) is 14.2 Å². The van der Waals surface area contributed by atoms with Gasteiger partial charge in [0.15, 0.2) is 17.3 Å². The molecule has 2 rings (SSSR count). The van der Waals surface area contributed by atoms with Crippen molar-refractivity contribution in [1.29, 1.82) is 0 Å². The van der Waals surface area contributed by atoms with E-state index in [9.17, 15) is 9.18 Å². The van der Waals surface area contributed by atoms with Crippen molar-refractivity contribution in [2.24, 2.45) is 0 Å². The fourth-order valence-corrected chi connectivity index (χ4v) is 2.15. The lowest BCUT2D eigenvalue weighted by molar-refractivity contribution is 0.0992. The Balaban J connectivity index is 2.21. The predicted molar refractivity (Wildman–Crippen MR) is 79.0 cm³/mol. The van der Waals surface area contributed by atoms with Crippen molar-refractivity contribution < 1.29 is 18.7 Å². The van der Waals surface area contributed by atoms with E-state index in [2.05, 4.69) is 0 Å². The number of benzene rings is 2. The SMILES string of the molecule is COc1ccc(C(=O)Cc2ccc(F)c(Cl)c2)cc1OC. The van der Waals surface area contributed by atoms with Gasteiger partial charge < -0.3 is 9.47 Å². The third kappa shape index (κ3) is 3.52. The van der Waals surface area contributed by atoms with Gasteiger partial charge in [-0.15, -0.1) is 0 Å². The first-order valence-corrected chi connectivity index (χ1v) is 6.62. The monoisotopic (exact) mass is 308 g/mol. The van der Waals surface area contributed by atoms with Gasteiger partial charge in [-0.05, 0) is 35.9 Å². The maximum atomic E-state index is 13.1. The molecule has 21 heavy (non-hydrogen) atoms. The number of ether oxygens (including phenoxy) is 2. The number of carbonyl (C=O) groups excluding carboxylic acids is 1. The van der Waals surface area contributed by atoms with Crippen molar-refractivity contribution in [3.8, 4) is 11.5 Å². The van der Waals surface area contributed by atoms with Gasteiger partial charge in [0, 0.05) is 12.0 Å². The topological polar surface area (TPSA) is 35.5 Å². The number of hydrogen-bond acceptors (Lipinski definition) is 3. The molecular weight excluding hydrogens is 295 g/mol. The summed E-state index contributed by atoms with van der Waals surface area (Å²) in [4.78, 5) is 12.2. The standard InChI is InChI=1S/C16H14ClFO3/c1-20-15-6-4-11(9-16(15)21-2)14(19)8-10-3-5-13(18)12(17)7-10/h3-7,9H,8H2,1-2H3. The zero-order chi connectivity index (χ0) is 15.4. The van der Waals surface area contributed by atoms with E-state index in [1.165, 1.54) is 26.4 Å². The average molecular weight is 309 g/mol. The van der Waals surface area contributed by atoms with Crippen LogP contribution >= 0.6 is 11.6 Å². The number of Topliss-reactive ketones (excluding diaryl/α,β-unsaturated/α-hetero) is 1. The molecule has 0 bridgehead atoms. The van der Waals surface area contributed by atoms with Crippen molar-refractivity contribution in [3.63, 3.8) is 0 Å². The van der Waals surface area contributed by atoms with Crippen LogP contribution in [0.25, 0.3) is 0 Å². The molecule has 0 saturated carbocycles. The van der Waals surface area contributed by atoms with Crippen LogP contribution in [-0.2, 0) is 6.42 Å². The molecule has 2 aromatic carbocycles. The summed E-state index contributed by atoms with van der Waals surface area (Å²) in [5, 5.41) is 0.00705. The summed E-state index contributed by atoms with van der Waals surface area (Å²) in [6.45, 7) is 0. The molecule has 0 aromatic heterocycles. The minimum Gasteiger partial charge on any atom is -0.493 e. The van der Waals surface area contributed by atoms with E-state index >= 15 is 0 Å². The van der Waals surface area contributed by atoms with Crippen LogP contribution in [0.5, 0.6) is 11.5 Å². The van der Waals surface area contributed by atoms with Crippen LogP contribution in [0.15, 0.2) is 36.4 Å². The van der Waals surface area contributed by atoms with E-state index in [-0.39, 0.29) is 17.2 Å². The Morgan fingerprint density at radius 2 is 1.81 bits per heavy atom. The maximum absolute atomic E-state index is 13.1. The second kappa shape index (κ2) is 6.59. The van der Waals surface area contributed by atoms with Crippen LogP contribution in [0.1, 0.15) is 15.9 Å². The summed E-state index contributed by atoms with van der Waals surface area (Å²) in [6, 6.07) is 9.19. The lowest BCUT2D eigenvalue weighted by Crippen LogP contribution is -2.04. The van der Waals surface area contributed by atoms with Crippen LogP contribution in [-0.4, -0.2) is 20.0 Å². The van der Waals surface area contributed by atoms with Gasteiger partial charge in [-0.3, -0.25) is 4.79 Å². The van der Waals surface area contributed by atoms with Gasteiger partial charge in [0.2, 0.25) is 0 Å². The van der Waals surface area contributed by atoms with E-state index in [4.69, 9.17) is 21.1 Å². The molecule has 2 aromatic rings. The Kier molecular flexibility index (Phi) is 4.81. The number of ketones is 1. The predicted octanol–water partition coefficient (Wildman–Crippen LogP) is 3.92. The Morgan fingerprint density at radius 3 is 2.43 bits per heavy atom. The van der Waals surface area contributed by atoms with E-state index in [1.807, 2.05) is 0 Å². The summed E-state index contributed by atoms with van der Waals surface area (Å²) in [7, 11) is 3.03. The number of hydrogen-bond donors (Lipinski definition) is 0. The first-order valence-electron chi connectivity index (χ1n) is 6.24. The zero-order valence-corrected chi connectivity index (χ0v) is 12.4. The Hall–Kier alpha value is -2.07. The van der Waals surface area contributed by atoms with Gasteiger partial charge in [-0.1, -0.05) is 17.7 Å². The lowest BCUT2D eigenvalue weighted by atomic mass is 10.0. The molecule has 0 heterocycles. The third-order valence-corrected chi connectivity index (χ3v) is 3.34. The van der Waals surface area contributed by atoms with E-state index < -0.39 is 5.82 Å². The highest BCUT2D eigenvalue weighted by atomic mass is 35.5. The van der Waals surface area contributed by atoms with Crippen LogP contribution < -0.4 is 9.47 Å². The zero-order valence-electron chi connectivity index (χ0n) is 11.7. The number of rotatable bonds is 5. The number of halogens is 2. The fraction of sp³-hybridized carbons (Fsp3) is 0.188. The molecule has 0 aliphatic rings. The molecule has 0 spiro atoms. The van der Waals surface area contributed by atoms with Gasteiger partial charge in [-0.2, -0.15) is 0 Å². The summed E-state index contributed by atoms with van der Waals surface area (Å²) < 4.78 is 23.4.